The maximum absolute atomic E-state index is 12.6. The lowest BCUT2D eigenvalue weighted by Gasteiger charge is -2.14. The molecule has 1 aliphatic rings. The molecule has 11 heavy (non-hydrogen) atoms. The third-order valence-corrected chi connectivity index (χ3v) is 1.63. The Morgan fingerprint density at radius 1 is 1.36 bits per heavy atom. The van der Waals surface area contributed by atoms with Gasteiger partial charge >= 0.3 is 0 Å². The fraction of sp³-hybridized carbons (Fsp3) is 0.250. The molecule has 0 N–H and O–H groups in total. The Hall–Kier alpha value is -1.09. The number of hydrogen-bond acceptors (Lipinski definition) is 2. The summed E-state index contributed by atoms with van der Waals surface area (Å²) < 4.78 is 12.6. The second-order valence-electron chi connectivity index (χ2n) is 2.41. The number of halogens is 1. The fourth-order valence-electron chi connectivity index (χ4n) is 1.07. The van der Waals surface area contributed by atoms with Gasteiger partial charge in [0.2, 0.25) is 0 Å². The predicted octanol–water partition coefficient (Wildman–Crippen LogP) is 1.69. The van der Waals surface area contributed by atoms with Crippen LogP contribution in [0.1, 0.15) is 5.56 Å². The Balaban J connectivity index is 2.43. The summed E-state index contributed by atoms with van der Waals surface area (Å²) in [5, 5.41) is 0. The third kappa shape index (κ3) is 1.19. The number of benzene rings is 1. The molecule has 58 valence electrons. The van der Waals surface area contributed by atoms with E-state index in [1.807, 2.05) is 0 Å². The molecular weight excluding hydrogens is 147 g/mol. The van der Waals surface area contributed by atoms with Gasteiger partial charge in [-0.1, -0.05) is 6.07 Å². The molecule has 0 atom stereocenters. The van der Waals surface area contributed by atoms with Gasteiger partial charge in [-0.3, -0.25) is 0 Å². The first-order valence-corrected chi connectivity index (χ1v) is 3.44. The molecule has 1 aromatic rings. The van der Waals surface area contributed by atoms with Gasteiger partial charge < -0.3 is 4.89 Å². The first-order valence-electron chi connectivity index (χ1n) is 3.44. The zero-order valence-corrected chi connectivity index (χ0v) is 5.84. The van der Waals surface area contributed by atoms with E-state index in [9.17, 15) is 4.39 Å². The Bertz CT molecular complexity index is 273. The van der Waals surface area contributed by atoms with Crippen LogP contribution in [0.4, 0.5) is 4.39 Å². The molecule has 2 nitrogen and oxygen atoms in total. The Morgan fingerprint density at radius 3 is 3.18 bits per heavy atom. The molecule has 0 radical (unpaired) electrons. The van der Waals surface area contributed by atoms with E-state index in [1.54, 1.807) is 6.07 Å². The van der Waals surface area contributed by atoms with Crippen molar-refractivity contribution in [1.29, 1.82) is 0 Å². The van der Waals surface area contributed by atoms with E-state index in [4.69, 9.17) is 4.89 Å². The van der Waals surface area contributed by atoms with Crippen molar-refractivity contribution >= 4 is 0 Å². The highest BCUT2D eigenvalue weighted by atomic mass is 19.1. The van der Waals surface area contributed by atoms with Crippen LogP contribution in [0, 0.1) is 5.82 Å². The van der Waals surface area contributed by atoms with Crippen LogP contribution in [-0.4, -0.2) is 6.61 Å². The van der Waals surface area contributed by atoms with Gasteiger partial charge in [0, 0.05) is 18.1 Å². The van der Waals surface area contributed by atoms with Gasteiger partial charge in [0.05, 0.1) is 6.61 Å². The zero-order valence-electron chi connectivity index (χ0n) is 5.84. The molecule has 0 saturated carbocycles. The lowest BCUT2D eigenvalue weighted by molar-refractivity contribution is -0.215. The van der Waals surface area contributed by atoms with Crippen LogP contribution in [-0.2, 0) is 11.3 Å². The summed E-state index contributed by atoms with van der Waals surface area (Å²) in [6, 6.07) is 4.47. The summed E-state index contributed by atoms with van der Waals surface area (Å²) in [6.45, 7) is 0.540. The maximum Gasteiger partial charge on any atom is 0.171 e. The molecule has 0 spiro atoms. The molecule has 0 fully saturated rings. The highest BCUT2D eigenvalue weighted by Crippen LogP contribution is 2.23. The Labute approximate surface area is 63.5 Å². The van der Waals surface area contributed by atoms with Gasteiger partial charge in [0.25, 0.3) is 0 Å². The summed E-state index contributed by atoms with van der Waals surface area (Å²) >= 11 is 0. The van der Waals surface area contributed by atoms with Crippen molar-refractivity contribution in [2.45, 2.75) is 6.42 Å². The van der Waals surface area contributed by atoms with Crippen LogP contribution >= 0.6 is 0 Å². The van der Waals surface area contributed by atoms with E-state index in [0.717, 1.165) is 12.0 Å². The van der Waals surface area contributed by atoms with E-state index in [2.05, 4.69) is 4.89 Å². The van der Waals surface area contributed by atoms with Crippen LogP contribution in [0.2, 0.25) is 0 Å². The molecule has 3 heteroatoms. The molecule has 0 aromatic heterocycles. The normalized spacial score (nSPS) is 15.4. The molecule has 1 aliphatic heterocycles. The SMILES string of the molecule is Fc1ccc2c(c1)OOCC2. The van der Waals surface area contributed by atoms with Crippen LogP contribution in [0.5, 0.6) is 5.75 Å². The summed E-state index contributed by atoms with van der Waals surface area (Å²) in [5.41, 5.74) is 0.998. The molecule has 0 amide bonds. The fourth-order valence-corrected chi connectivity index (χ4v) is 1.07. The number of fused-ring (bicyclic) bond motifs is 1. The topological polar surface area (TPSA) is 18.5 Å². The van der Waals surface area contributed by atoms with Crippen molar-refractivity contribution in [2.75, 3.05) is 6.61 Å². The summed E-state index contributed by atoms with van der Waals surface area (Å²) in [6.07, 6.45) is 0.787. The lowest BCUT2D eigenvalue weighted by atomic mass is 10.1. The van der Waals surface area contributed by atoms with Gasteiger partial charge in [-0.25, -0.2) is 4.39 Å². The van der Waals surface area contributed by atoms with E-state index < -0.39 is 0 Å². The zero-order chi connectivity index (χ0) is 7.68. The van der Waals surface area contributed by atoms with Gasteiger partial charge in [-0.05, 0) is 6.07 Å². The van der Waals surface area contributed by atoms with E-state index in [0.29, 0.717) is 12.4 Å². The Morgan fingerprint density at radius 2 is 2.27 bits per heavy atom. The second-order valence-corrected chi connectivity index (χ2v) is 2.41. The van der Waals surface area contributed by atoms with Gasteiger partial charge in [0.1, 0.15) is 5.82 Å². The quantitative estimate of drug-likeness (QED) is 0.529. The van der Waals surface area contributed by atoms with E-state index >= 15 is 0 Å². The van der Waals surface area contributed by atoms with Gasteiger partial charge in [0.15, 0.2) is 5.75 Å². The summed E-state index contributed by atoms with van der Waals surface area (Å²) in [7, 11) is 0. The minimum atomic E-state index is -0.297. The van der Waals surface area contributed by atoms with Crippen molar-refractivity contribution in [3.63, 3.8) is 0 Å². The molecular formula is C8H7FO2. The molecule has 0 unspecified atom stereocenters. The average Bonchev–Trinajstić information content (AvgIpc) is 2.04. The minimum absolute atomic E-state index is 0.297. The van der Waals surface area contributed by atoms with Gasteiger partial charge in [-0.15, -0.1) is 0 Å². The first kappa shape index (κ1) is 6.61. The van der Waals surface area contributed by atoms with Crippen molar-refractivity contribution in [3.8, 4) is 5.75 Å². The highest BCUT2D eigenvalue weighted by Gasteiger charge is 2.11. The highest BCUT2D eigenvalue weighted by molar-refractivity contribution is 5.34. The third-order valence-electron chi connectivity index (χ3n) is 1.63. The lowest BCUT2D eigenvalue weighted by Crippen LogP contribution is -2.10. The summed E-state index contributed by atoms with van der Waals surface area (Å²) in [4.78, 5) is 9.45. The van der Waals surface area contributed by atoms with E-state index in [1.165, 1.54) is 12.1 Å². The molecule has 0 bridgehead atoms. The van der Waals surface area contributed by atoms with Gasteiger partial charge in [-0.2, -0.15) is 4.89 Å². The molecule has 1 aromatic carbocycles. The van der Waals surface area contributed by atoms with E-state index in [-0.39, 0.29) is 5.82 Å². The largest absolute Gasteiger partial charge is 0.337 e. The second kappa shape index (κ2) is 2.51. The van der Waals surface area contributed by atoms with Crippen molar-refractivity contribution in [3.05, 3.63) is 29.6 Å². The standard InChI is InChI=1S/C8H7FO2/c9-7-2-1-6-3-4-10-11-8(6)5-7/h1-2,5H,3-4H2. The minimum Gasteiger partial charge on any atom is -0.337 e. The number of rotatable bonds is 0. The van der Waals surface area contributed by atoms with Crippen LogP contribution in [0.15, 0.2) is 18.2 Å². The molecule has 2 rings (SSSR count). The van der Waals surface area contributed by atoms with Crippen molar-refractivity contribution in [1.82, 2.24) is 0 Å². The van der Waals surface area contributed by atoms with Crippen LogP contribution in [0.25, 0.3) is 0 Å². The average molecular weight is 154 g/mol. The molecule has 1 heterocycles. The van der Waals surface area contributed by atoms with Crippen LogP contribution in [0.3, 0.4) is 0 Å². The number of hydrogen-bond donors (Lipinski definition) is 0. The molecule has 0 saturated heterocycles. The first-order chi connectivity index (χ1) is 5.36. The Kier molecular flexibility index (Phi) is 1.51. The summed E-state index contributed by atoms with van der Waals surface area (Å²) in [5.74, 6) is 0.200. The maximum atomic E-state index is 12.6. The smallest absolute Gasteiger partial charge is 0.171 e. The monoisotopic (exact) mass is 154 g/mol. The van der Waals surface area contributed by atoms with Crippen LogP contribution < -0.4 is 4.89 Å². The molecule has 0 aliphatic carbocycles. The van der Waals surface area contributed by atoms with Crippen molar-refractivity contribution < 1.29 is 14.2 Å². The van der Waals surface area contributed by atoms with Crippen molar-refractivity contribution in [2.24, 2.45) is 0 Å². The predicted molar refractivity (Wildman–Crippen MR) is 36.7 cm³/mol.